The van der Waals surface area contributed by atoms with Gasteiger partial charge in [0.15, 0.2) is 0 Å². The van der Waals surface area contributed by atoms with Crippen LogP contribution in [0.3, 0.4) is 0 Å². The zero-order chi connectivity index (χ0) is 24.7. The predicted octanol–water partition coefficient (Wildman–Crippen LogP) is 5.47. The molecule has 0 aromatic heterocycles. The Morgan fingerprint density at radius 3 is 1.67 bits per heavy atom. The zero-order valence-electron chi connectivity index (χ0n) is 21.7. The van der Waals surface area contributed by atoms with Crippen molar-refractivity contribution in [3.05, 3.63) is 0 Å². The van der Waals surface area contributed by atoms with E-state index in [9.17, 15) is 25.2 Å². The minimum atomic E-state index is -2.04. The molecule has 0 aliphatic carbocycles. The monoisotopic (exact) mass is 471 g/mol. The van der Waals surface area contributed by atoms with E-state index in [-0.39, 0.29) is 13.0 Å². The largest absolute Gasteiger partial charge is 0.478 e. The lowest BCUT2D eigenvalue weighted by Crippen LogP contribution is -2.61. The summed E-state index contributed by atoms with van der Waals surface area (Å²) in [5.74, 6) is -1.27. The maximum atomic E-state index is 12.2. The van der Waals surface area contributed by atoms with Gasteiger partial charge in [0.25, 0.3) is 0 Å². The number of carbonyl (C=O) groups is 1. The summed E-state index contributed by atoms with van der Waals surface area (Å²) in [6, 6.07) is 0. The Kier molecular flexibility index (Phi) is 14.8. The van der Waals surface area contributed by atoms with Gasteiger partial charge < -0.3 is 20.4 Å². The molecule has 196 valence electrons. The first-order chi connectivity index (χ1) is 15.7. The number of hydrogen-bond donors (Lipinski definition) is 4. The molecule has 33 heavy (non-hydrogen) atoms. The molecular weight excluding hydrogens is 418 g/mol. The van der Waals surface area contributed by atoms with Crippen molar-refractivity contribution in [3.8, 4) is 0 Å². The van der Waals surface area contributed by atoms with Crippen LogP contribution in [0.15, 0.2) is 0 Å². The molecule has 0 spiro atoms. The standard InChI is InChI=1S/C27H53NO5/c1-4-5-6-7-8-9-10-11-12-13-14-15-16-17-18-26(21-23(2)29)19-20-28(22-24(3)30)27(26,33)25(31)32/h23-24,29-30,33H,4-22H2,1-3H3,(H,31,32). The van der Waals surface area contributed by atoms with Crippen molar-refractivity contribution in [1.29, 1.82) is 0 Å². The Morgan fingerprint density at radius 1 is 0.818 bits per heavy atom. The number of carboxylic acid groups (broad SMARTS) is 1. The van der Waals surface area contributed by atoms with Gasteiger partial charge in [0, 0.05) is 18.5 Å². The third-order valence-electron chi connectivity index (χ3n) is 7.54. The third-order valence-corrected chi connectivity index (χ3v) is 7.54. The van der Waals surface area contributed by atoms with Crippen LogP contribution in [0.25, 0.3) is 0 Å². The Balaban J connectivity index is 2.37. The number of carboxylic acids is 1. The number of aliphatic carboxylic acids is 1. The number of aliphatic hydroxyl groups excluding tert-OH is 2. The predicted molar refractivity (Wildman–Crippen MR) is 134 cm³/mol. The van der Waals surface area contributed by atoms with Gasteiger partial charge in [-0.05, 0) is 33.1 Å². The normalized spacial score (nSPS) is 25.4. The van der Waals surface area contributed by atoms with E-state index in [1.54, 1.807) is 13.8 Å². The molecule has 1 saturated heterocycles. The molecule has 4 atom stereocenters. The molecule has 6 nitrogen and oxygen atoms in total. The van der Waals surface area contributed by atoms with Gasteiger partial charge in [-0.25, -0.2) is 4.79 Å². The molecule has 0 saturated carbocycles. The lowest BCUT2D eigenvalue weighted by molar-refractivity contribution is -0.206. The minimum Gasteiger partial charge on any atom is -0.478 e. The Hall–Kier alpha value is -0.690. The van der Waals surface area contributed by atoms with Crippen LogP contribution in [0, 0.1) is 5.41 Å². The highest BCUT2D eigenvalue weighted by atomic mass is 16.4. The quantitative estimate of drug-likeness (QED) is 0.176. The van der Waals surface area contributed by atoms with E-state index in [1.807, 2.05) is 0 Å². The highest BCUT2D eigenvalue weighted by Crippen LogP contribution is 2.51. The highest BCUT2D eigenvalue weighted by molar-refractivity contribution is 5.78. The number of unbranched alkanes of at least 4 members (excludes halogenated alkanes) is 13. The molecule has 0 aromatic rings. The molecule has 6 heteroatoms. The fourth-order valence-corrected chi connectivity index (χ4v) is 5.79. The van der Waals surface area contributed by atoms with Crippen LogP contribution in [0.4, 0.5) is 0 Å². The molecule has 1 fully saturated rings. The van der Waals surface area contributed by atoms with Gasteiger partial charge in [0.1, 0.15) is 0 Å². The minimum absolute atomic E-state index is 0.114. The van der Waals surface area contributed by atoms with E-state index in [4.69, 9.17) is 0 Å². The van der Waals surface area contributed by atoms with Crippen molar-refractivity contribution < 1.29 is 25.2 Å². The van der Waals surface area contributed by atoms with Crippen molar-refractivity contribution in [1.82, 2.24) is 4.90 Å². The average Bonchev–Trinajstić information content (AvgIpc) is 3.00. The first kappa shape index (κ1) is 30.3. The molecule has 0 amide bonds. The summed E-state index contributed by atoms with van der Waals surface area (Å²) in [7, 11) is 0. The highest BCUT2D eigenvalue weighted by Gasteiger charge is 2.63. The maximum absolute atomic E-state index is 12.2. The Bertz CT molecular complexity index is 527. The Morgan fingerprint density at radius 2 is 1.27 bits per heavy atom. The number of nitrogens with zero attached hydrogens (tertiary/aromatic N) is 1. The van der Waals surface area contributed by atoms with E-state index >= 15 is 0 Å². The van der Waals surface area contributed by atoms with Crippen molar-refractivity contribution in [3.63, 3.8) is 0 Å². The van der Waals surface area contributed by atoms with Crippen molar-refractivity contribution in [2.24, 2.45) is 5.41 Å². The van der Waals surface area contributed by atoms with E-state index in [0.717, 1.165) is 19.3 Å². The smallest absolute Gasteiger partial charge is 0.352 e. The lowest BCUT2D eigenvalue weighted by Gasteiger charge is -2.44. The number of rotatable bonds is 20. The van der Waals surface area contributed by atoms with Crippen LogP contribution in [-0.2, 0) is 4.79 Å². The SMILES string of the molecule is CCCCCCCCCCCCCCCCC1(CC(C)O)CCN(CC(C)O)C1(O)C(=O)O. The van der Waals surface area contributed by atoms with Crippen molar-refractivity contribution in [2.75, 3.05) is 13.1 Å². The molecule has 0 aromatic carbocycles. The summed E-state index contributed by atoms with van der Waals surface area (Å²) >= 11 is 0. The summed E-state index contributed by atoms with van der Waals surface area (Å²) in [6.07, 6.45) is 17.6. The van der Waals surface area contributed by atoms with Gasteiger partial charge in [-0.1, -0.05) is 96.8 Å². The molecule has 0 radical (unpaired) electrons. The van der Waals surface area contributed by atoms with E-state index in [0.29, 0.717) is 19.4 Å². The van der Waals surface area contributed by atoms with Gasteiger partial charge in [0.2, 0.25) is 5.72 Å². The number of hydrogen-bond acceptors (Lipinski definition) is 5. The third kappa shape index (κ3) is 9.83. The number of aliphatic hydroxyl groups is 3. The fraction of sp³-hybridized carbons (Fsp3) is 0.963. The first-order valence-electron chi connectivity index (χ1n) is 13.8. The van der Waals surface area contributed by atoms with Crippen LogP contribution < -0.4 is 0 Å². The average molecular weight is 472 g/mol. The maximum Gasteiger partial charge on any atom is 0.352 e. The molecule has 1 rings (SSSR count). The van der Waals surface area contributed by atoms with Gasteiger partial charge in [0.05, 0.1) is 12.2 Å². The molecule has 0 bridgehead atoms. The summed E-state index contributed by atoms with van der Waals surface area (Å²) in [4.78, 5) is 13.7. The van der Waals surface area contributed by atoms with E-state index < -0.39 is 29.3 Å². The van der Waals surface area contributed by atoms with Gasteiger partial charge in [-0.2, -0.15) is 0 Å². The second-order valence-corrected chi connectivity index (χ2v) is 10.7. The molecule has 4 N–H and O–H groups in total. The molecule has 1 aliphatic heterocycles. The van der Waals surface area contributed by atoms with Gasteiger partial charge >= 0.3 is 5.97 Å². The molecule has 1 aliphatic rings. The van der Waals surface area contributed by atoms with E-state index in [2.05, 4.69) is 6.92 Å². The van der Waals surface area contributed by atoms with E-state index in [1.165, 1.54) is 75.5 Å². The lowest BCUT2D eigenvalue weighted by atomic mass is 9.69. The van der Waals surface area contributed by atoms with Crippen LogP contribution in [0.2, 0.25) is 0 Å². The second-order valence-electron chi connectivity index (χ2n) is 10.7. The van der Waals surface area contributed by atoms with Crippen LogP contribution in [-0.4, -0.2) is 62.3 Å². The van der Waals surface area contributed by atoms with Crippen LogP contribution >= 0.6 is 0 Å². The second kappa shape index (κ2) is 16.1. The number of likely N-dealkylation sites (tertiary alicyclic amines) is 1. The van der Waals surface area contributed by atoms with Crippen LogP contribution in [0.1, 0.15) is 130 Å². The molecule has 1 heterocycles. The molecular formula is C27H53NO5. The zero-order valence-corrected chi connectivity index (χ0v) is 21.7. The summed E-state index contributed by atoms with van der Waals surface area (Å²) in [5.41, 5.74) is -2.93. The van der Waals surface area contributed by atoms with Crippen LogP contribution in [0.5, 0.6) is 0 Å². The number of β-amino-alcohol motifs (C(OH)–C–C–N with tert-alkyl or cyclic N) is 1. The Labute approximate surface area is 202 Å². The van der Waals surface area contributed by atoms with Gasteiger partial charge in [-0.3, -0.25) is 4.90 Å². The van der Waals surface area contributed by atoms with Gasteiger partial charge in [-0.15, -0.1) is 0 Å². The first-order valence-corrected chi connectivity index (χ1v) is 13.8. The van der Waals surface area contributed by atoms with Crippen molar-refractivity contribution in [2.45, 2.75) is 148 Å². The fourth-order valence-electron chi connectivity index (χ4n) is 5.79. The molecule has 4 unspecified atom stereocenters. The van der Waals surface area contributed by atoms with Crippen molar-refractivity contribution >= 4 is 5.97 Å². The summed E-state index contributed by atoms with van der Waals surface area (Å²) in [5, 5.41) is 41.2. The summed E-state index contributed by atoms with van der Waals surface area (Å²) in [6.45, 7) is 6.05. The topological polar surface area (TPSA) is 101 Å². The summed E-state index contributed by atoms with van der Waals surface area (Å²) < 4.78 is 0.